The maximum Gasteiger partial charge on any atom is 0.162 e. The number of hydrogen-bond donors (Lipinski definition) is 0. The van der Waals surface area contributed by atoms with E-state index in [4.69, 9.17) is 11.6 Å². The van der Waals surface area contributed by atoms with Gasteiger partial charge < -0.3 is 0 Å². The predicted octanol–water partition coefficient (Wildman–Crippen LogP) is 3.05. The zero-order chi connectivity index (χ0) is 8.55. The number of aromatic nitrogens is 2. The Balaban J connectivity index is 2.80. The van der Waals surface area contributed by atoms with Gasteiger partial charge in [0.2, 0.25) is 0 Å². The van der Waals surface area contributed by atoms with Crippen LogP contribution in [-0.2, 0) is 0 Å². The molecule has 2 nitrogen and oxygen atoms in total. The van der Waals surface area contributed by atoms with Gasteiger partial charge in [0, 0.05) is 5.39 Å². The summed E-state index contributed by atoms with van der Waals surface area (Å²) in [4.78, 5) is 8.22. The smallest absolute Gasteiger partial charge is 0.162 e. The minimum atomic E-state index is 0.466. The monoisotopic (exact) mass is 242 g/mol. The molecule has 0 atom stereocenters. The van der Waals surface area contributed by atoms with Crippen molar-refractivity contribution in [3.05, 3.63) is 34.0 Å². The average Bonchev–Trinajstić information content (AvgIpc) is 2.03. The number of fused-ring (bicyclic) bond motifs is 1. The minimum absolute atomic E-state index is 0.466. The molecule has 4 heteroatoms. The summed E-state index contributed by atoms with van der Waals surface area (Å²) in [5.41, 5.74) is 0.664. The van der Waals surface area contributed by atoms with E-state index < -0.39 is 0 Å². The molecule has 0 bridgehead atoms. The third-order valence-electron chi connectivity index (χ3n) is 1.48. The third-order valence-corrected chi connectivity index (χ3v) is 2.14. The summed E-state index contributed by atoms with van der Waals surface area (Å²) in [7, 11) is 0. The molecule has 12 heavy (non-hydrogen) atoms. The van der Waals surface area contributed by atoms with Crippen molar-refractivity contribution in [2.75, 3.05) is 0 Å². The Hall–Kier alpha value is -0.670. The molecule has 0 radical (unpaired) electrons. The van der Waals surface area contributed by atoms with Crippen molar-refractivity contribution in [2.45, 2.75) is 0 Å². The Labute approximate surface area is 82.7 Å². The number of nitrogens with zero attached hydrogens (tertiary/aromatic N) is 2. The molecule has 0 saturated carbocycles. The zero-order valence-electron chi connectivity index (χ0n) is 5.96. The van der Waals surface area contributed by atoms with Crippen LogP contribution in [0.5, 0.6) is 0 Å². The molecule has 2 rings (SSSR count). The first-order valence-electron chi connectivity index (χ1n) is 3.34. The van der Waals surface area contributed by atoms with Gasteiger partial charge in [-0.3, -0.25) is 0 Å². The second kappa shape index (κ2) is 2.99. The van der Waals surface area contributed by atoms with Gasteiger partial charge in [-0.15, -0.1) is 0 Å². The predicted molar refractivity (Wildman–Crippen MR) is 52.2 cm³/mol. The second-order valence-electron chi connectivity index (χ2n) is 2.31. The zero-order valence-corrected chi connectivity index (χ0v) is 8.30. The fraction of sp³-hybridized carbons (Fsp3) is 0. The van der Waals surface area contributed by atoms with Gasteiger partial charge in [-0.05, 0) is 40.2 Å². The topological polar surface area (TPSA) is 25.8 Å². The van der Waals surface area contributed by atoms with Crippen LogP contribution < -0.4 is 0 Å². The van der Waals surface area contributed by atoms with E-state index in [2.05, 4.69) is 25.9 Å². The van der Waals surface area contributed by atoms with Gasteiger partial charge in [0.1, 0.15) is 9.76 Å². The van der Waals surface area contributed by atoms with Crippen LogP contribution in [0.15, 0.2) is 28.9 Å². The molecule has 0 unspecified atom stereocenters. The van der Waals surface area contributed by atoms with Crippen molar-refractivity contribution in [3.8, 4) is 0 Å². The summed E-state index contributed by atoms with van der Waals surface area (Å²) in [5, 5.41) is 1.45. The molecule has 2 heterocycles. The van der Waals surface area contributed by atoms with Gasteiger partial charge in [0.05, 0.1) is 0 Å². The molecule has 0 aliphatic carbocycles. The lowest BCUT2D eigenvalue weighted by Crippen LogP contribution is -1.83. The Bertz CT molecular complexity index is 394. The maximum atomic E-state index is 5.70. The van der Waals surface area contributed by atoms with Crippen LogP contribution >= 0.6 is 27.5 Å². The molecule has 2 aromatic heterocycles. The lowest BCUT2D eigenvalue weighted by Gasteiger charge is -1.96. The molecular weight excluding hydrogens is 239 g/mol. The van der Waals surface area contributed by atoms with Crippen LogP contribution in [0.25, 0.3) is 11.0 Å². The van der Waals surface area contributed by atoms with Crippen molar-refractivity contribution in [1.29, 1.82) is 0 Å². The molecule has 2 aromatic rings. The summed E-state index contributed by atoms with van der Waals surface area (Å²) >= 11 is 8.97. The van der Waals surface area contributed by atoms with Gasteiger partial charge >= 0.3 is 0 Å². The summed E-state index contributed by atoms with van der Waals surface area (Å²) in [5.74, 6) is 0. The minimum Gasteiger partial charge on any atom is -0.221 e. The van der Waals surface area contributed by atoms with Crippen LogP contribution in [0.1, 0.15) is 0 Å². The Kier molecular flexibility index (Phi) is 1.98. The maximum absolute atomic E-state index is 5.70. The SMILES string of the molecule is Clc1ccc2ccc(Br)nc2n1. The fourth-order valence-electron chi connectivity index (χ4n) is 0.953. The van der Waals surface area contributed by atoms with Crippen LogP contribution in [0, 0.1) is 0 Å². The lowest BCUT2D eigenvalue weighted by atomic mass is 10.3. The van der Waals surface area contributed by atoms with E-state index in [1.807, 2.05) is 18.2 Å². The molecule has 0 aromatic carbocycles. The molecule has 0 fully saturated rings. The van der Waals surface area contributed by atoms with E-state index in [0.717, 1.165) is 9.99 Å². The normalized spacial score (nSPS) is 10.5. The fourth-order valence-corrected chi connectivity index (χ4v) is 1.40. The van der Waals surface area contributed by atoms with Crippen molar-refractivity contribution < 1.29 is 0 Å². The van der Waals surface area contributed by atoms with Gasteiger partial charge in [0.15, 0.2) is 5.65 Å². The van der Waals surface area contributed by atoms with E-state index in [-0.39, 0.29) is 0 Å². The van der Waals surface area contributed by atoms with Gasteiger partial charge in [-0.1, -0.05) is 11.6 Å². The van der Waals surface area contributed by atoms with Crippen LogP contribution in [0.4, 0.5) is 0 Å². The van der Waals surface area contributed by atoms with E-state index in [1.165, 1.54) is 0 Å². The molecule has 0 saturated heterocycles. The van der Waals surface area contributed by atoms with E-state index in [0.29, 0.717) is 10.8 Å². The number of rotatable bonds is 0. The summed E-state index contributed by atoms with van der Waals surface area (Å²) in [6, 6.07) is 7.46. The van der Waals surface area contributed by atoms with Crippen molar-refractivity contribution in [1.82, 2.24) is 9.97 Å². The highest BCUT2D eigenvalue weighted by molar-refractivity contribution is 9.10. The molecule has 0 amide bonds. The van der Waals surface area contributed by atoms with Gasteiger partial charge in [0.25, 0.3) is 0 Å². The lowest BCUT2D eigenvalue weighted by molar-refractivity contribution is 1.26. The van der Waals surface area contributed by atoms with Crippen LogP contribution in [0.3, 0.4) is 0 Å². The largest absolute Gasteiger partial charge is 0.221 e. The van der Waals surface area contributed by atoms with Crippen LogP contribution in [-0.4, -0.2) is 9.97 Å². The van der Waals surface area contributed by atoms with E-state index in [9.17, 15) is 0 Å². The number of pyridine rings is 2. The Morgan fingerprint density at radius 1 is 1.08 bits per heavy atom. The third kappa shape index (κ3) is 1.42. The first-order chi connectivity index (χ1) is 5.75. The molecule has 60 valence electrons. The van der Waals surface area contributed by atoms with E-state index in [1.54, 1.807) is 6.07 Å². The number of halogens is 2. The van der Waals surface area contributed by atoms with Crippen molar-refractivity contribution >= 4 is 38.6 Å². The molecule has 0 aliphatic heterocycles. The van der Waals surface area contributed by atoms with E-state index >= 15 is 0 Å². The standard InChI is InChI=1S/C8H4BrClN2/c9-6-3-1-5-2-4-7(10)12-8(5)11-6/h1-4H. The highest BCUT2D eigenvalue weighted by Crippen LogP contribution is 2.16. The quantitative estimate of drug-likeness (QED) is 0.665. The molecule has 0 aliphatic rings. The van der Waals surface area contributed by atoms with Crippen LogP contribution in [0.2, 0.25) is 5.15 Å². The Morgan fingerprint density at radius 2 is 1.83 bits per heavy atom. The summed E-state index contributed by atoms with van der Waals surface area (Å²) in [6.07, 6.45) is 0. The highest BCUT2D eigenvalue weighted by Gasteiger charge is 1.97. The van der Waals surface area contributed by atoms with Gasteiger partial charge in [-0.25, -0.2) is 9.97 Å². The first-order valence-corrected chi connectivity index (χ1v) is 4.51. The molecule has 0 N–H and O–H groups in total. The Morgan fingerprint density at radius 3 is 2.67 bits per heavy atom. The van der Waals surface area contributed by atoms with Crippen molar-refractivity contribution in [2.24, 2.45) is 0 Å². The summed E-state index contributed by atoms with van der Waals surface area (Å²) in [6.45, 7) is 0. The van der Waals surface area contributed by atoms with Gasteiger partial charge in [-0.2, -0.15) is 0 Å². The second-order valence-corrected chi connectivity index (χ2v) is 3.51. The average molecular weight is 243 g/mol. The first kappa shape index (κ1) is 7.95. The van der Waals surface area contributed by atoms with Crippen molar-refractivity contribution in [3.63, 3.8) is 0 Å². The number of hydrogen-bond acceptors (Lipinski definition) is 2. The molecule has 0 spiro atoms. The molecular formula is C8H4BrClN2. The highest BCUT2D eigenvalue weighted by atomic mass is 79.9. The summed E-state index contributed by atoms with van der Waals surface area (Å²) < 4.78 is 0.768.